The Bertz CT molecular complexity index is 625. The van der Waals surface area contributed by atoms with Gasteiger partial charge in [0, 0.05) is 21.9 Å². The van der Waals surface area contributed by atoms with Crippen LogP contribution in [0.25, 0.3) is 4.96 Å². The normalized spacial score (nSPS) is 14.2. The van der Waals surface area contributed by atoms with Gasteiger partial charge in [-0.2, -0.15) is 0 Å². The molecule has 112 valence electrons. The fourth-order valence-electron chi connectivity index (χ4n) is 2.43. The van der Waals surface area contributed by atoms with Gasteiger partial charge in [-0.25, -0.2) is 4.98 Å². The van der Waals surface area contributed by atoms with Gasteiger partial charge in [-0.1, -0.05) is 62.3 Å². The molecule has 20 heavy (non-hydrogen) atoms. The first-order chi connectivity index (χ1) is 8.82. The molecule has 0 bridgehead atoms. The van der Waals surface area contributed by atoms with E-state index in [9.17, 15) is 0 Å². The van der Waals surface area contributed by atoms with Gasteiger partial charge in [0.2, 0.25) is 0 Å². The van der Waals surface area contributed by atoms with E-state index in [1.165, 1.54) is 16.3 Å². The van der Waals surface area contributed by atoms with Crippen molar-refractivity contribution in [2.75, 3.05) is 0 Å². The second-order valence-corrected chi connectivity index (χ2v) is 9.82. The molecule has 0 saturated carbocycles. The van der Waals surface area contributed by atoms with E-state index in [1.807, 2.05) is 11.3 Å². The quantitative estimate of drug-likeness (QED) is 0.645. The average molecular weight is 292 g/mol. The van der Waals surface area contributed by atoms with Crippen LogP contribution in [-0.2, 0) is 16.2 Å². The van der Waals surface area contributed by atoms with Crippen molar-refractivity contribution in [3.05, 3.63) is 22.5 Å². The zero-order chi connectivity index (χ0) is 15.5. The van der Waals surface area contributed by atoms with E-state index in [4.69, 9.17) is 4.98 Å². The number of thiazole rings is 1. The molecule has 0 unspecified atom stereocenters. The van der Waals surface area contributed by atoms with Crippen LogP contribution in [0.4, 0.5) is 0 Å². The fraction of sp³-hybridized carbons (Fsp3) is 0.706. The van der Waals surface area contributed by atoms with Gasteiger partial charge < -0.3 is 0 Å². The monoisotopic (exact) mass is 292 g/mol. The third-order valence-electron chi connectivity index (χ3n) is 3.49. The lowest BCUT2D eigenvalue weighted by atomic mass is 9.82. The Morgan fingerprint density at radius 2 is 1.40 bits per heavy atom. The van der Waals surface area contributed by atoms with Gasteiger partial charge in [0.25, 0.3) is 0 Å². The molecule has 2 nitrogen and oxygen atoms in total. The van der Waals surface area contributed by atoms with Gasteiger partial charge in [0.15, 0.2) is 4.96 Å². The van der Waals surface area contributed by atoms with E-state index in [0.29, 0.717) is 0 Å². The Labute approximate surface area is 127 Å². The van der Waals surface area contributed by atoms with Crippen molar-refractivity contribution in [2.45, 2.75) is 78.6 Å². The number of nitrogens with zero attached hydrogens (tertiary/aromatic N) is 2. The molecule has 0 aliphatic carbocycles. The summed E-state index contributed by atoms with van der Waals surface area (Å²) in [6, 6.07) is 0. The highest BCUT2D eigenvalue weighted by Crippen LogP contribution is 2.38. The molecule has 0 saturated heterocycles. The topological polar surface area (TPSA) is 17.3 Å². The molecule has 2 rings (SSSR count). The molecule has 0 radical (unpaired) electrons. The minimum Gasteiger partial charge on any atom is -0.294 e. The van der Waals surface area contributed by atoms with E-state index >= 15 is 0 Å². The van der Waals surface area contributed by atoms with E-state index in [2.05, 4.69) is 72.9 Å². The summed E-state index contributed by atoms with van der Waals surface area (Å²) in [5.74, 6) is 0. The molecule has 3 heteroatoms. The van der Waals surface area contributed by atoms with E-state index in [-0.39, 0.29) is 16.2 Å². The first-order valence-corrected chi connectivity index (χ1v) is 8.17. The highest BCUT2D eigenvalue weighted by atomic mass is 32.1. The Kier molecular flexibility index (Phi) is 3.37. The zero-order valence-electron chi connectivity index (χ0n) is 14.4. The highest BCUT2D eigenvalue weighted by molar-refractivity contribution is 7.17. The molecule has 0 amide bonds. The van der Waals surface area contributed by atoms with Gasteiger partial charge in [-0.15, -0.1) is 11.3 Å². The standard InChI is InChI=1S/C17H28N2S/c1-15(2,3)11-10-19-13(17(7,8)9)12(16(4,5)6)18-14(19)20-11/h10H,1-9H3. The summed E-state index contributed by atoms with van der Waals surface area (Å²) in [5.41, 5.74) is 2.94. The largest absolute Gasteiger partial charge is 0.294 e. The second-order valence-electron chi connectivity index (χ2n) is 8.81. The van der Waals surface area contributed by atoms with Crippen LogP contribution in [0.5, 0.6) is 0 Å². The molecule has 2 aromatic heterocycles. The lowest BCUT2D eigenvalue weighted by molar-refractivity contribution is 0.505. The SMILES string of the molecule is CC(C)(C)c1cn2c(C(C)(C)C)c(C(C)(C)C)nc2s1. The van der Waals surface area contributed by atoms with Gasteiger partial charge in [-0.3, -0.25) is 4.40 Å². The number of hydrogen-bond acceptors (Lipinski definition) is 2. The number of rotatable bonds is 0. The van der Waals surface area contributed by atoms with Crippen molar-refractivity contribution in [3.8, 4) is 0 Å². The van der Waals surface area contributed by atoms with Crippen LogP contribution in [0.1, 0.15) is 78.6 Å². The summed E-state index contributed by atoms with van der Waals surface area (Å²) in [7, 11) is 0. The van der Waals surface area contributed by atoms with Gasteiger partial charge in [0.05, 0.1) is 11.4 Å². The summed E-state index contributed by atoms with van der Waals surface area (Å²) in [6.45, 7) is 20.4. The highest BCUT2D eigenvalue weighted by Gasteiger charge is 2.32. The van der Waals surface area contributed by atoms with Crippen molar-refractivity contribution >= 4 is 16.3 Å². The van der Waals surface area contributed by atoms with E-state index in [1.54, 1.807) is 0 Å². The van der Waals surface area contributed by atoms with Crippen molar-refractivity contribution in [1.29, 1.82) is 0 Å². The lowest BCUT2D eigenvalue weighted by Crippen LogP contribution is -2.23. The van der Waals surface area contributed by atoms with Gasteiger partial charge >= 0.3 is 0 Å². The van der Waals surface area contributed by atoms with Crippen LogP contribution in [0, 0.1) is 0 Å². The summed E-state index contributed by atoms with van der Waals surface area (Å²) < 4.78 is 2.33. The predicted octanol–water partition coefficient (Wildman–Crippen LogP) is 5.29. The smallest absolute Gasteiger partial charge is 0.194 e. The number of aromatic nitrogens is 2. The predicted molar refractivity (Wildman–Crippen MR) is 89.2 cm³/mol. The molecule has 2 aromatic rings. The van der Waals surface area contributed by atoms with Crippen molar-refractivity contribution < 1.29 is 0 Å². The number of imidazole rings is 1. The Hall–Kier alpha value is -0.830. The molecule has 0 atom stereocenters. The van der Waals surface area contributed by atoms with Crippen LogP contribution in [0.15, 0.2) is 6.20 Å². The fourth-order valence-corrected chi connectivity index (χ4v) is 3.47. The van der Waals surface area contributed by atoms with Crippen LogP contribution in [0.3, 0.4) is 0 Å². The molecule has 0 aromatic carbocycles. The van der Waals surface area contributed by atoms with Crippen LogP contribution < -0.4 is 0 Å². The van der Waals surface area contributed by atoms with Crippen LogP contribution >= 0.6 is 11.3 Å². The second kappa shape index (κ2) is 4.33. The van der Waals surface area contributed by atoms with Crippen LogP contribution in [0.2, 0.25) is 0 Å². The van der Waals surface area contributed by atoms with Gasteiger partial charge in [-0.05, 0) is 5.41 Å². The lowest BCUT2D eigenvalue weighted by Gasteiger charge is -2.25. The Balaban J connectivity index is 2.77. The summed E-state index contributed by atoms with van der Waals surface area (Å²) in [5, 5.41) is 0. The Morgan fingerprint density at radius 3 is 1.80 bits per heavy atom. The third kappa shape index (κ3) is 2.65. The van der Waals surface area contributed by atoms with E-state index in [0.717, 1.165) is 4.96 Å². The van der Waals surface area contributed by atoms with E-state index < -0.39 is 0 Å². The molecule has 0 aliphatic rings. The minimum absolute atomic E-state index is 0.0796. The zero-order valence-corrected chi connectivity index (χ0v) is 15.2. The maximum atomic E-state index is 4.97. The maximum absolute atomic E-state index is 4.97. The first-order valence-electron chi connectivity index (χ1n) is 7.35. The van der Waals surface area contributed by atoms with Crippen LogP contribution in [-0.4, -0.2) is 9.38 Å². The molecule has 0 fully saturated rings. The van der Waals surface area contributed by atoms with Gasteiger partial charge in [0.1, 0.15) is 0 Å². The van der Waals surface area contributed by atoms with Crippen molar-refractivity contribution in [2.24, 2.45) is 0 Å². The number of hydrogen-bond donors (Lipinski definition) is 0. The molecule has 2 heterocycles. The first kappa shape index (κ1) is 15.6. The summed E-state index contributed by atoms with van der Waals surface area (Å²) in [6.07, 6.45) is 2.29. The van der Waals surface area contributed by atoms with Crippen molar-refractivity contribution in [3.63, 3.8) is 0 Å². The third-order valence-corrected chi connectivity index (χ3v) is 4.89. The molecular weight excluding hydrogens is 264 g/mol. The molecule has 0 N–H and O–H groups in total. The average Bonchev–Trinajstić information content (AvgIpc) is 2.66. The molecule has 0 aliphatic heterocycles. The summed E-state index contributed by atoms with van der Waals surface area (Å²) in [4.78, 5) is 7.49. The minimum atomic E-state index is 0.0796. The summed E-state index contributed by atoms with van der Waals surface area (Å²) >= 11 is 1.82. The number of fused-ring (bicyclic) bond motifs is 1. The molecular formula is C17H28N2S. The molecule has 0 spiro atoms. The van der Waals surface area contributed by atoms with Crippen molar-refractivity contribution in [1.82, 2.24) is 9.38 Å². The maximum Gasteiger partial charge on any atom is 0.194 e. The Morgan fingerprint density at radius 1 is 0.850 bits per heavy atom.